The number of carbonyl (C=O) groups excluding carboxylic acids is 1. The Kier molecular flexibility index (Phi) is 4.48. The maximum absolute atomic E-state index is 11.6. The SMILES string of the molecule is CCN(C(C)=O)c1nc(/C=C/c2ccc3ccccc3n2)cs1. The summed E-state index contributed by atoms with van der Waals surface area (Å²) in [6.07, 6.45) is 3.86. The van der Waals surface area contributed by atoms with Gasteiger partial charge in [0, 0.05) is 24.2 Å². The summed E-state index contributed by atoms with van der Waals surface area (Å²) in [6.45, 7) is 4.12. The Labute approximate surface area is 139 Å². The fourth-order valence-corrected chi connectivity index (χ4v) is 3.22. The van der Waals surface area contributed by atoms with E-state index in [9.17, 15) is 4.79 Å². The van der Waals surface area contributed by atoms with Crippen molar-refractivity contribution in [2.45, 2.75) is 13.8 Å². The maximum Gasteiger partial charge on any atom is 0.225 e. The first-order chi connectivity index (χ1) is 11.2. The number of anilines is 1. The van der Waals surface area contributed by atoms with Gasteiger partial charge in [0.05, 0.1) is 16.9 Å². The number of pyridine rings is 1. The molecule has 1 aromatic carbocycles. The molecule has 5 heteroatoms. The summed E-state index contributed by atoms with van der Waals surface area (Å²) in [5.41, 5.74) is 2.69. The predicted octanol–water partition coefficient (Wildman–Crippen LogP) is 4.23. The van der Waals surface area contributed by atoms with Gasteiger partial charge in [-0.15, -0.1) is 11.3 Å². The van der Waals surface area contributed by atoms with Gasteiger partial charge in [-0.05, 0) is 31.2 Å². The summed E-state index contributed by atoms with van der Waals surface area (Å²) in [5, 5.41) is 3.80. The van der Waals surface area contributed by atoms with Crippen molar-refractivity contribution in [1.29, 1.82) is 0 Å². The van der Waals surface area contributed by atoms with E-state index in [-0.39, 0.29) is 5.91 Å². The summed E-state index contributed by atoms with van der Waals surface area (Å²) >= 11 is 1.47. The molecule has 0 bridgehead atoms. The van der Waals surface area contributed by atoms with E-state index in [4.69, 9.17) is 0 Å². The van der Waals surface area contributed by atoms with Crippen LogP contribution >= 0.6 is 11.3 Å². The average molecular weight is 323 g/mol. The summed E-state index contributed by atoms with van der Waals surface area (Å²) in [4.78, 5) is 22.3. The Morgan fingerprint density at radius 3 is 2.70 bits per heavy atom. The number of para-hydroxylation sites is 1. The van der Waals surface area contributed by atoms with Crippen LogP contribution in [0.15, 0.2) is 41.8 Å². The highest BCUT2D eigenvalue weighted by Crippen LogP contribution is 2.22. The molecule has 0 radical (unpaired) electrons. The van der Waals surface area contributed by atoms with Gasteiger partial charge in [-0.25, -0.2) is 9.97 Å². The molecule has 0 aliphatic heterocycles. The highest BCUT2D eigenvalue weighted by Gasteiger charge is 2.12. The number of hydrogen-bond acceptors (Lipinski definition) is 4. The molecule has 1 amide bonds. The molecule has 0 saturated carbocycles. The fraction of sp³-hybridized carbons (Fsp3) is 0.167. The molecule has 2 heterocycles. The Bertz CT molecular complexity index is 869. The zero-order valence-corrected chi connectivity index (χ0v) is 13.9. The van der Waals surface area contributed by atoms with Crippen LogP contribution in [-0.2, 0) is 4.79 Å². The van der Waals surface area contributed by atoms with E-state index in [0.717, 1.165) is 27.4 Å². The van der Waals surface area contributed by atoms with Gasteiger partial charge in [0.1, 0.15) is 0 Å². The molecule has 2 aromatic heterocycles. The first-order valence-corrected chi connectivity index (χ1v) is 8.33. The van der Waals surface area contributed by atoms with Crippen molar-refractivity contribution in [1.82, 2.24) is 9.97 Å². The number of aromatic nitrogens is 2. The third kappa shape index (κ3) is 3.46. The quantitative estimate of drug-likeness (QED) is 0.721. The number of amides is 1. The zero-order chi connectivity index (χ0) is 16.2. The summed E-state index contributed by atoms with van der Waals surface area (Å²) < 4.78 is 0. The molecular weight excluding hydrogens is 306 g/mol. The van der Waals surface area contributed by atoms with Crippen molar-refractivity contribution in [3.8, 4) is 0 Å². The molecule has 0 atom stereocenters. The molecule has 23 heavy (non-hydrogen) atoms. The first kappa shape index (κ1) is 15.4. The van der Waals surface area contributed by atoms with Crippen molar-refractivity contribution in [2.24, 2.45) is 0 Å². The van der Waals surface area contributed by atoms with Crippen molar-refractivity contribution >= 4 is 45.4 Å². The van der Waals surface area contributed by atoms with Crippen LogP contribution in [0, 0.1) is 0 Å². The number of fused-ring (bicyclic) bond motifs is 1. The zero-order valence-electron chi connectivity index (χ0n) is 13.1. The number of thiazole rings is 1. The van der Waals surface area contributed by atoms with E-state index in [0.29, 0.717) is 6.54 Å². The second-order valence-electron chi connectivity index (χ2n) is 5.08. The smallest absolute Gasteiger partial charge is 0.225 e. The Balaban J connectivity index is 1.81. The number of hydrogen-bond donors (Lipinski definition) is 0. The van der Waals surface area contributed by atoms with Gasteiger partial charge >= 0.3 is 0 Å². The second kappa shape index (κ2) is 6.71. The minimum absolute atomic E-state index is 0.00794. The van der Waals surface area contributed by atoms with Gasteiger partial charge in [-0.3, -0.25) is 9.69 Å². The molecule has 0 spiro atoms. The van der Waals surface area contributed by atoms with Crippen LogP contribution in [0.3, 0.4) is 0 Å². The molecule has 0 unspecified atom stereocenters. The van der Waals surface area contributed by atoms with Crippen molar-refractivity contribution in [3.05, 3.63) is 53.2 Å². The lowest BCUT2D eigenvalue weighted by Gasteiger charge is -2.14. The first-order valence-electron chi connectivity index (χ1n) is 7.45. The lowest BCUT2D eigenvalue weighted by molar-refractivity contribution is -0.116. The van der Waals surface area contributed by atoms with Gasteiger partial charge in [0.25, 0.3) is 0 Å². The Morgan fingerprint density at radius 2 is 1.91 bits per heavy atom. The van der Waals surface area contributed by atoms with Crippen LogP contribution in [0.4, 0.5) is 5.13 Å². The summed E-state index contributed by atoms with van der Waals surface area (Å²) in [7, 11) is 0. The standard InChI is InChI=1S/C18H17N3OS/c1-3-21(13(2)22)18-20-16(12-23-18)11-10-15-9-8-14-6-4-5-7-17(14)19-15/h4-12H,3H2,1-2H3/b11-10+. The highest BCUT2D eigenvalue weighted by atomic mass is 32.1. The van der Waals surface area contributed by atoms with Crippen LogP contribution in [0.5, 0.6) is 0 Å². The van der Waals surface area contributed by atoms with E-state index >= 15 is 0 Å². The number of rotatable bonds is 4. The lowest BCUT2D eigenvalue weighted by Crippen LogP contribution is -2.27. The number of benzene rings is 1. The van der Waals surface area contributed by atoms with Crippen LogP contribution in [0.25, 0.3) is 23.1 Å². The van der Waals surface area contributed by atoms with Gasteiger partial charge in [0.2, 0.25) is 5.91 Å². The minimum Gasteiger partial charge on any atom is -0.289 e. The molecular formula is C18H17N3OS. The van der Waals surface area contributed by atoms with E-state index in [1.54, 1.807) is 11.8 Å². The predicted molar refractivity (Wildman–Crippen MR) is 96.5 cm³/mol. The Hall–Kier alpha value is -2.53. The third-order valence-electron chi connectivity index (χ3n) is 3.48. The topological polar surface area (TPSA) is 46.1 Å². The lowest BCUT2D eigenvalue weighted by atomic mass is 10.2. The summed E-state index contributed by atoms with van der Waals surface area (Å²) in [6, 6.07) is 12.1. The highest BCUT2D eigenvalue weighted by molar-refractivity contribution is 7.14. The average Bonchev–Trinajstić information content (AvgIpc) is 3.01. The molecule has 4 nitrogen and oxygen atoms in total. The molecule has 3 rings (SSSR count). The van der Waals surface area contributed by atoms with E-state index in [2.05, 4.69) is 16.0 Å². The molecule has 0 N–H and O–H groups in total. The van der Waals surface area contributed by atoms with Crippen molar-refractivity contribution in [2.75, 3.05) is 11.4 Å². The monoisotopic (exact) mass is 323 g/mol. The number of nitrogens with zero attached hydrogens (tertiary/aromatic N) is 3. The molecule has 0 aliphatic rings. The van der Waals surface area contributed by atoms with E-state index < -0.39 is 0 Å². The number of carbonyl (C=O) groups is 1. The largest absolute Gasteiger partial charge is 0.289 e. The van der Waals surface area contributed by atoms with Gasteiger partial charge in [0.15, 0.2) is 5.13 Å². The van der Waals surface area contributed by atoms with E-state index in [1.807, 2.05) is 54.8 Å². The van der Waals surface area contributed by atoms with Crippen LogP contribution < -0.4 is 4.90 Å². The van der Waals surface area contributed by atoms with Crippen LogP contribution in [-0.4, -0.2) is 22.4 Å². The molecule has 0 aliphatic carbocycles. The normalized spacial score (nSPS) is 11.2. The van der Waals surface area contributed by atoms with Gasteiger partial charge < -0.3 is 0 Å². The van der Waals surface area contributed by atoms with E-state index in [1.165, 1.54) is 11.3 Å². The maximum atomic E-state index is 11.6. The van der Waals surface area contributed by atoms with Crippen molar-refractivity contribution in [3.63, 3.8) is 0 Å². The van der Waals surface area contributed by atoms with Crippen molar-refractivity contribution < 1.29 is 4.79 Å². The molecule has 0 fully saturated rings. The third-order valence-corrected chi connectivity index (χ3v) is 4.36. The molecule has 3 aromatic rings. The van der Waals surface area contributed by atoms with Crippen LogP contribution in [0.2, 0.25) is 0 Å². The second-order valence-corrected chi connectivity index (χ2v) is 5.92. The van der Waals surface area contributed by atoms with Gasteiger partial charge in [-0.1, -0.05) is 24.3 Å². The molecule has 0 saturated heterocycles. The minimum atomic E-state index is 0.00794. The summed E-state index contributed by atoms with van der Waals surface area (Å²) in [5.74, 6) is 0.00794. The van der Waals surface area contributed by atoms with Gasteiger partial charge in [-0.2, -0.15) is 0 Å². The fourth-order valence-electron chi connectivity index (χ4n) is 2.31. The molecule has 116 valence electrons. The van der Waals surface area contributed by atoms with Crippen LogP contribution in [0.1, 0.15) is 25.2 Å². The Morgan fingerprint density at radius 1 is 1.13 bits per heavy atom.